The van der Waals surface area contributed by atoms with E-state index < -0.39 is 0 Å². The molecule has 0 atom stereocenters. The van der Waals surface area contributed by atoms with Crippen LogP contribution < -0.4 is 4.74 Å². The summed E-state index contributed by atoms with van der Waals surface area (Å²) in [7, 11) is 0. The van der Waals surface area contributed by atoms with Crippen LogP contribution in [-0.2, 0) is 0 Å². The third-order valence-corrected chi connectivity index (χ3v) is 6.92. The maximum absolute atomic E-state index is 8.84. The van der Waals surface area contributed by atoms with Gasteiger partial charge in [0.05, 0.1) is 55.8 Å². The Labute approximate surface area is 207 Å². The third-order valence-electron chi connectivity index (χ3n) is 6.92. The number of hydrogen-bond acceptors (Lipinski definition) is 4. The molecule has 0 bridgehead atoms. The lowest BCUT2D eigenvalue weighted by Gasteiger charge is -2.35. The van der Waals surface area contributed by atoms with Crippen molar-refractivity contribution in [2.24, 2.45) is 10.2 Å². The number of quaternary nitrogens is 1. The summed E-state index contributed by atoms with van der Waals surface area (Å²) in [5.74, 6) is 0.873. The molecule has 2 aromatic rings. The summed E-state index contributed by atoms with van der Waals surface area (Å²) in [4.78, 5) is 0. The van der Waals surface area contributed by atoms with Crippen molar-refractivity contribution in [3.63, 3.8) is 0 Å². The molecule has 34 heavy (non-hydrogen) atoms. The minimum Gasteiger partial charge on any atom is -0.494 e. The van der Waals surface area contributed by atoms with E-state index in [9.17, 15) is 0 Å². The minimum atomic E-state index is 0.618. The smallest absolute Gasteiger partial charge is 0.119 e. The van der Waals surface area contributed by atoms with Crippen LogP contribution in [0, 0.1) is 11.3 Å². The number of ether oxygens (including phenoxy) is 1. The fourth-order valence-corrected chi connectivity index (χ4v) is 4.27. The predicted octanol–water partition coefficient (Wildman–Crippen LogP) is 8.35. The van der Waals surface area contributed by atoms with Gasteiger partial charge in [0.25, 0.3) is 0 Å². The third kappa shape index (κ3) is 10.1. The average molecular weight is 464 g/mol. The van der Waals surface area contributed by atoms with Crippen LogP contribution in [0.1, 0.15) is 77.7 Å². The zero-order valence-electron chi connectivity index (χ0n) is 21.5. The van der Waals surface area contributed by atoms with Crippen molar-refractivity contribution in [1.29, 1.82) is 5.26 Å². The number of unbranched alkanes of at least 4 members (excludes halogenated alkanes) is 7. The highest BCUT2D eigenvalue weighted by Crippen LogP contribution is 2.22. The molecule has 0 fully saturated rings. The maximum Gasteiger partial charge on any atom is 0.119 e. The van der Waals surface area contributed by atoms with Crippen LogP contribution in [0.25, 0.3) is 0 Å². The summed E-state index contributed by atoms with van der Waals surface area (Å²) >= 11 is 0. The molecule has 0 saturated carbocycles. The van der Waals surface area contributed by atoms with Gasteiger partial charge in [0.1, 0.15) is 5.75 Å². The van der Waals surface area contributed by atoms with Crippen LogP contribution in [0.3, 0.4) is 0 Å². The predicted molar refractivity (Wildman–Crippen MR) is 141 cm³/mol. The van der Waals surface area contributed by atoms with E-state index in [1.165, 1.54) is 75.6 Å². The molecule has 2 aromatic carbocycles. The van der Waals surface area contributed by atoms with Crippen LogP contribution >= 0.6 is 0 Å². The lowest BCUT2D eigenvalue weighted by atomic mass is 10.1. The molecular formula is C29H43N4O+. The molecular weight excluding hydrogens is 420 g/mol. The summed E-state index contributed by atoms with van der Waals surface area (Å²) in [6, 6.07) is 16.8. The largest absolute Gasteiger partial charge is 0.494 e. The van der Waals surface area contributed by atoms with E-state index in [-0.39, 0.29) is 0 Å². The number of benzene rings is 2. The van der Waals surface area contributed by atoms with E-state index in [1.54, 1.807) is 24.3 Å². The van der Waals surface area contributed by atoms with E-state index in [1.807, 2.05) is 24.3 Å². The first kappa shape index (κ1) is 27.5. The molecule has 0 radical (unpaired) electrons. The van der Waals surface area contributed by atoms with Gasteiger partial charge in [-0.1, -0.05) is 32.1 Å². The van der Waals surface area contributed by atoms with Crippen LogP contribution in [0.15, 0.2) is 58.8 Å². The number of hydrogen-bond donors (Lipinski definition) is 0. The van der Waals surface area contributed by atoms with Gasteiger partial charge in [-0.15, -0.1) is 0 Å². The Kier molecular flexibility index (Phi) is 13.0. The van der Waals surface area contributed by atoms with E-state index in [0.29, 0.717) is 5.56 Å². The van der Waals surface area contributed by atoms with Crippen LogP contribution in [0.5, 0.6) is 5.75 Å². The topological polar surface area (TPSA) is 57.7 Å². The Hall–Kier alpha value is -2.71. The highest BCUT2D eigenvalue weighted by Gasteiger charge is 2.19. The van der Waals surface area contributed by atoms with Gasteiger partial charge in [-0.2, -0.15) is 15.5 Å². The van der Waals surface area contributed by atoms with Crippen molar-refractivity contribution < 1.29 is 9.22 Å². The Morgan fingerprint density at radius 1 is 0.676 bits per heavy atom. The second kappa shape index (κ2) is 16.0. The molecule has 0 aliphatic rings. The standard InChI is InChI=1S/C29H43N4O/c1-4-33(5-2,6-3)23-13-11-9-7-8-10-12-14-24-34-29-21-19-28(20-22-29)32-31-27-17-15-26(25-30)16-18-27/h15-22H,4-14,23-24H2,1-3H3/q+1. The van der Waals surface area contributed by atoms with Gasteiger partial charge in [0.2, 0.25) is 0 Å². The van der Waals surface area contributed by atoms with Crippen molar-refractivity contribution >= 4 is 11.4 Å². The second-order valence-corrected chi connectivity index (χ2v) is 9.04. The summed E-state index contributed by atoms with van der Waals surface area (Å²) in [6.45, 7) is 12.9. The van der Waals surface area contributed by atoms with Crippen molar-refractivity contribution in [3.05, 3.63) is 54.1 Å². The normalized spacial score (nSPS) is 11.6. The van der Waals surface area contributed by atoms with Gasteiger partial charge < -0.3 is 9.22 Å². The first-order chi connectivity index (χ1) is 16.6. The molecule has 0 heterocycles. The SMILES string of the molecule is CC[N+](CC)(CC)CCCCCCCCCCOc1ccc(N=Nc2ccc(C#N)cc2)cc1. The maximum atomic E-state index is 8.84. The Balaban J connectivity index is 1.51. The summed E-state index contributed by atoms with van der Waals surface area (Å²) < 4.78 is 7.15. The van der Waals surface area contributed by atoms with Gasteiger partial charge >= 0.3 is 0 Å². The first-order valence-electron chi connectivity index (χ1n) is 13.1. The zero-order valence-corrected chi connectivity index (χ0v) is 21.5. The highest BCUT2D eigenvalue weighted by molar-refractivity contribution is 5.44. The molecule has 0 unspecified atom stereocenters. The Morgan fingerprint density at radius 2 is 1.15 bits per heavy atom. The lowest BCUT2D eigenvalue weighted by molar-refractivity contribution is -0.923. The van der Waals surface area contributed by atoms with Gasteiger partial charge in [-0.25, -0.2) is 0 Å². The Morgan fingerprint density at radius 3 is 1.65 bits per heavy atom. The number of azo groups is 1. The molecule has 0 aromatic heterocycles. The fraction of sp³-hybridized carbons (Fsp3) is 0.552. The Bertz CT molecular complexity index is 856. The van der Waals surface area contributed by atoms with E-state index in [4.69, 9.17) is 10.00 Å². The van der Waals surface area contributed by atoms with Crippen molar-refractivity contribution in [3.8, 4) is 11.8 Å². The van der Waals surface area contributed by atoms with Gasteiger partial charge in [0, 0.05) is 0 Å². The van der Waals surface area contributed by atoms with Gasteiger partial charge in [-0.05, 0) is 88.6 Å². The van der Waals surface area contributed by atoms with E-state index in [0.717, 1.165) is 30.2 Å². The van der Waals surface area contributed by atoms with Crippen molar-refractivity contribution in [1.82, 2.24) is 0 Å². The van der Waals surface area contributed by atoms with Crippen molar-refractivity contribution in [2.45, 2.75) is 72.1 Å². The second-order valence-electron chi connectivity index (χ2n) is 9.04. The van der Waals surface area contributed by atoms with Crippen LogP contribution in [0.2, 0.25) is 0 Å². The molecule has 0 aliphatic heterocycles. The zero-order chi connectivity index (χ0) is 24.5. The van der Waals surface area contributed by atoms with Crippen molar-refractivity contribution in [2.75, 3.05) is 32.8 Å². The minimum absolute atomic E-state index is 0.618. The number of nitrogens with zero attached hydrogens (tertiary/aromatic N) is 4. The molecule has 0 spiro atoms. The van der Waals surface area contributed by atoms with Gasteiger partial charge in [0.15, 0.2) is 0 Å². The van der Waals surface area contributed by atoms with Gasteiger partial charge in [-0.3, -0.25) is 0 Å². The van der Waals surface area contributed by atoms with E-state index in [2.05, 4.69) is 37.1 Å². The molecule has 2 rings (SSSR count). The molecule has 0 saturated heterocycles. The summed E-state index contributed by atoms with van der Waals surface area (Å²) in [6.07, 6.45) is 10.5. The molecule has 0 amide bonds. The fourth-order valence-electron chi connectivity index (χ4n) is 4.27. The lowest BCUT2D eigenvalue weighted by Crippen LogP contribution is -2.48. The quantitative estimate of drug-likeness (QED) is 0.134. The average Bonchev–Trinajstić information content (AvgIpc) is 2.89. The highest BCUT2D eigenvalue weighted by atomic mass is 16.5. The monoisotopic (exact) mass is 463 g/mol. The molecule has 0 aliphatic carbocycles. The number of nitriles is 1. The number of rotatable bonds is 17. The van der Waals surface area contributed by atoms with E-state index >= 15 is 0 Å². The molecule has 184 valence electrons. The molecule has 5 heteroatoms. The first-order valence-corrected chi connectivity index (χ1v) is 13.1. The van der Waals surface area contributed by atoms with Crippen LogP contribution in [-0.4, -0.2) is 37.3 Å². The molecule has 0 N–H and O–H groups in total. The summed E-state index contributed by atoms with van der Waals surface area (Å²) in [5, 5.41) is 17.3. The molecule has 5 nitrogen and oxygen atoms in total. The van der Waals surface area contributed by atoms with Crippen LogP contribution in [0.4, 0.5) is 11.4 Å². The summed E-state index contributed by atoms with van der Waals surface area (Å²) in [5.41, 5.74) is 2.12.